The molecular formula is C14H14N4O2. The Hall–Kier alpha value is -2.50. The zero-order valence-corrected chi connectivity index (χ0v) is 11.0. The molecule has 6 heteroatoms. The van der Waals surface area contributed by atoms with Crippen LogP contribution in [0.5, 0.6) is 0 Å². The second-order valence-electron chi connectivity index (χ2n) is 5.09. The largest absolute Gasteiger partial charge is 0.274 e. The molecule has 0 aliphatic carbocycles. The van der Waals surface area contributed by atoms with Gasteiger partial charge in [-0.25, -0.2) is 4.98 Å². The van der Waals surface area contributed by atoms with Crippen LogP contribution < -0.4 is 0 Å². The highest BCUT2D eigenvalue weighted by Crippen LogP contribution is 2.36. The summed E-state index contributed by atoms with van der Waals surface area (Å²) in [7, 11) is 0. The molecular weight excluding hydrogens is 256 g/mol. The van der Waals surface area contributed by atoms with E-state index in [1.54, 1.807) is 0 Å². The Morgan fingerprint density at radius 3 is 2.70 bits per heavy atom. The van der Waals surface area contributed by atoms with E-state index in [0.29, 0.717) is 5.82 Å². The fourth-order valence-electron chi connectivity index (χ4n) is 2.53. The second kappa shape index (κ2) is 4.56. The third-order valence-electron chi connectivity index (χ3n) is 3.71. The number of nitrogens with zero attached hydrogens (tertiary/aromatic N) is 3. The molecule has 3 rings (SSSR count). The fourth-order valence-corrected chi connectivity index (χ4v) is 2.53. The minimum Gasteiger partial charge on any atom is -0.274 e. The molecule has 1 fully saturated rings. The number of likely N-dealkylation sites (tertiary alicyclic amines) is 1. The van der Waals surface area contributed by atoms with Gasteiger partial charge < -0.3 is 0 Å². The molecule has 2 aromatic rings. The second-order valence-corrected chi connectivity index (χ2v) is 5.09. The number of hydrogen-bond donors (Lipinski definition) is 1. The highest BCUT2D eigenvalue weighted by molar-refractivity contribution is 6.08. The van der Waals surface area contributed by atoms with E-state index in [-0.39, 0.29) is 24.8 Å². The number of carbonyl (C=O) groups is 2. The van der Waals surface area contributed by atoms with Gasteiger partial charge in [0.15, 0.2) is 0 Å². The summed E-state index contributed by atoms with van der Waals surface area (Å²) in [6, 6.07) is 9.39. The van der Waals surface area contributed by atoms with E-state index in [1.807, 2.05) is 37.3 Å². The van der Waals surface area contributed by atoms with Crippen LogP contribution in [0.3, 0.4) is 0 Å². The van der Waals surface area contributed by atoms with Gasteiger partial charge in [0, 0.05) is 6.42 Å². The van der Waals surface area contributed by atoms with Crippen molar-refractivity contribution in [3.05, 3.63) is 48.0 Å². The summed E-state index contributed by atoms with van der Waals surface area (Å²) in [4.78, 5) is 30.0. The van der Waals surface area contributed by atoms with Crippen LogP contribution in [0, 0.1) is 0 Å². The molecule has 1 aliphatic heterocycles. The maximum Gasteiger partial charge on any atom is 0.240 e. The van der Waals surface area contributed by atoms with Crippen LogP contribution in [0.4, 0.5) is 0 Å². The van der Waals surface area contributed by atoms with Crippen molar-refractivity contribution in [2.75, 3.05) is 0 Å². The van der Waals surface area contributed by atoms with Crippen LogP contribution in [0.2, 0.25) is 0 Å². The number of hydrogen-bond acceptors (Lipinski definition) is 4. The van der Waals surface area contributed by atoms with Gasteiger partial charge in [0.05, 0.1) is 12.0 Å². The van der Waals surface area contributed by atoms with Crippen molar-refractivity contribution >= 4 is 11.8 Å². The van der Waals surface area contributed by atoms with Crippen LogP contribution in [-0.4, -0.2) is 31.9 Å². The molecule has 102 valence electrons. The molecule has 0 bridgehead atoms. The Kier molecular flexibility index (Phi) is 2.85. The number of aromatic nitrogens is 3. The van der Waals surface area contributed by atoms with Crippen molar-refractivity contribution in [2.24, 2.45) is 0 Å². The first-order chi connectivity index (χ1) is 9.61. The van der Waals surface area contributed by atoms with Crippen molar-refractivity contribution in [1.29, 1.82) is 0 Å². The van der Waals surface area contributed by atoms with Crippen LogP contribution in [0.15, 0.2) is 36.7 Å². The number of nitrogens with one attached hydrogen (secondary N) is 1. The maximum absolute atomic E-state index is 12.6. The van der Waals surface area contributed by atoms with Gasteiger partial charge >= 0.3 is 0 Å². The minimum atomic E-state index is -0.793. The molecule has 1 atom stereocenters. The lowest BCUT2D eigenvalue weighted by Crippen LogP contribution is -2.36. The van der Waals surface area contributed by atoms with Crippen molar-refractivity contribution in [1.82, 2.24) is 20.1 Å². The first-order valence-corrected chi connectivity index (χ1v) is 6.36. The Bertz CT molecular complexity index is 638. The minimum absolute atomic E-state index is 0.139. The number of amides is 2. The molecule has 0 spiro atoms. The Morgan fingerprint density at radius 1 is 1.30 bits per heavy atom. The van der Waals surface area contributed by atoms with E-state index < -0.39 is 5.41 Å². The average Bonchev–Trinajstić information content (AvgIpc) is 3.04. The SMILES string of the molecule is CC1(c2ccccc2)CC(=O)N(Cc2ncn[nH]2)C1=O. The zero-order chi connectivity index (χ0) is 14.2. The highest BCUT2D eigenvalue weighted by atomic mass is 16.2. The van der Waals surface area contributed by atoms with Gasteiger partial charge in [0.1, 0.15) is 12.2 Å². The van der Waals surface area contributed by atoms with Crippen molar-refractivity contribution in [3.8, 4) is 0 Å². The van der Waals surface area contributed by atoms with Crippen molar-refractivity contribution < 1.29 is 9.59 Å². The molecule has 2 heterocycles. The topological polar surface area (TPSA) is 79.0 Å². The molecule has 1 unspecified atom stereocenters. The number of imide groups is 1. The predicted octanol–water partition coefficient (Wildman–Crippen LogP) is 1.02. The maximum atomic E-state index is 12.6. The van der Waals surface area contributed by atoms with E-state index in [0.717, 1.165) is 5.56 Å². The van der Waals surface area contributed by atoms with Crippen LogP contribution >= 0.6 is 0 Å². The van der Waals surface area contributed by atoms with Crippen LogP contribution in [0.1, 0.15) is 24.7 Å². The van der Waals surface area contributed by atoms with Crippen LogP contribution in [-0.2, 0) is 21.5 Å². The van der Waals surface area contributed by atoms with E-state index in [2.05, 4.69) is 15.2 Å². The number of aromatic amines is 1. The van der Waals surface area contributed by atoms with Gasteiger partial charge in [-0.05, 0) is 12.5 Å². The number of H-pyrrole nitrogens is 1. The molecule has 1 saturated heterocycles. The van der Waals surface area contributed by atoms with Crippen molar-refractivity contribution in [2.45, 2.75) is 25.3 Å². The highest BCUT2D eigenvalue weighted by Gasteiger charge is 2.49. The summed E-state index contributed by atoms with van der Waals surface area (Å²) in [6.45, 7) is 1.95. The summed E-state index contributed by atoms with van der Waals surface area (Å²) < 4.78 is 0. The number of carbonyl (C=O) groups excluding carboxylic acids is 2. The molecule has 1 aromatic carbocycles. The molecule has 1 aromatic heterocycles. The van der Waals surface area contributed by atoms with E-state index in [4.69, 9.17) is 0 Å². The molecule has 0 radical (unpaired) electrons. The van der Waals surface area contributed by atoms with E-state index in [9.17, 15) is 9.59 Å². The molecule has 1 aliphatic rings. The first-order valence-electron chi connectivity index (χ1n) is 6.36. The smallest absolute Gasteiger partial charge is 0.240 e. The lowest BCUT2D eigenvalue weighted by molar-refractivity contribution is -0.140. The monoisotopic (exact) mass is 270 g/mol. The summed E-state index contributed by atoms with van der Waals surface area (Å²) in [5.41, 5.74) is 0.0664. The van der Waals surface area contributed by atoms with Gasteiger partial charge in [0.2, 0.25) is 11.8 Å². The van der Waals surface area contributed by atoms with Crippen molar-refractivity contribution in [3.63, 3.8) is 0 Å². The number of rotatable bonds is 3. The molecule has 2 amide bonds. The number of benzene rings is 1. The normalized spacial score (nSPS) is 22.6. The third-order valence-corrected chi connectivity index (χ3v) is 3.71. The fraction of sp³-hybridized carbons (Fsp3) is 0.286. The zero-order valence-electron chi connectivity index (χ0n) is 11.0. The lowest BCUT2D eigenvalue weighted by Gasteiger charge is -2.22. The molecule has 1 N–H and O–H groups in total. The molecule has 6 nitrogen and oxygen atoms in total. The first kappa shape index (κ1) is 12.5. The van der Waals surface area contributed by atoms with Gasteiger partial charge in [-0.15, -0.1) is 0 Å². The predicted molar refractivity (Wildman–Crippen MR) is 70.4 cm³/mol. The standard InChI is InChI=1S/C14H14N4O2/c1-14(10-5-3-2-4-6-10)7-12(19)18(13(14)20)8-11-15-9-16-17-11/h2-6,9H,7-8H2,1H3,(H,15,16,17). The Morgan fingerprint density at radius 2 is 2.05 bits per heavy atom. The summed E-state index contributed by atoms with van der Waals surface area (Å²) in [5.74, 6) is 0.131. The Labute approximate surface area is 115 Å². The average molecular weight is 270 g/mol. The van der Waals surface area contributed by atoms with Gasteiger partial charge in [-0.1, -0.05) is 30.3 Å². The van der Waals surface area contributed by atoms with E-state index in [1.165, 1.54) is 11.2 Å². The molecule has 20 heavy (non-hydrogen) atoms. The van der Waals surface area contributed by atoms with Gasteiger partial charge in [-0.2, -0.15) is 5.10 Å². The lowest BCUT2D eigenvalue weighted by atomic mass is 9.81. The van der Waals surface area contributed by atoms with Gasteiger partial charge in [0.25, 0.3) is 0 Å². The van der Waals surface area contributed by atoms with E-state index >= 15 is 0 Å². The summed E-state index contributed by atoms with van der Waals surface area (Å²) >= 11 is 0. The van der Waals surface area contributed by atoms with Gasteiger partial charge in [-0.3, -0.25) is 19.6 Å². The summed E-state index contributed by atoms with van der Waals surface area (Å²) in [6.07, 6.45) is 1.54. The Balaban J connectivity index is 1.90. The summed E-state index contributed by atoms with van der Waals surface area (Å²) in [5, 5.41) is 6.39. The third kappa shape index (κ3) is 1.89. The quantitative estimate of drug-likeness (QED) is 0.845. The molecule has 0 saturated carbocycles. The van der Waals surface area contributed by atoms with Crippen LogP contribution in [0.25, 0.3) is 0 Å².